The van der Waals surface area contributed by atoms with Gasteiger partial charge in [-0.3, -0.25) is 0 Å². The molecule has 0 aliphatic heterocycles. The maximum absolute atomic E-state index is 5.39. The van der Waals surface area contributed by atoms with Crippen LogP contribution in [0.25, 0.3) is 0 Å². The van der Waals surface area contributed by atoms with Crippen molar-refractivity contribution in [3.63, 3.8) is 0 Å². The highest BCUT2D eigenvalue weighted by Gasteiger charge is 2.13. The Hall–Kier alpha value is -0.540. The summed E-state index contributed by atoms with van der Waals surface area (Å²) in [5, 5.41) is 0.645. The van der Waals surface area contributed by atoms with Crippen molar-refractivity contribution < 1.29 is 4.18 Å². The molecule has 0 heterocycles. The van der Waals surface area contributed by atoms with Gasteiger partial charge in [-0.15, -0.1) is 0 Å². The molecule has 0 unspecified atom stereocenters. The van der Waals surface area contributed by atoms with E-state index in [-0.39, 0.29) is 5.41 Å². The highest BCUT2D eigenvalue weighted by Crippen LogP contribution is 2.27. The van der Waals surface area contributed by atoms with E-state index in [1.165, 1.54) is 17.6 Å². The van der Waals surface area contributed by atoms with E-state index in [0.29, 0.717) is 5.05 Å². The molecule has 0 aliphatic rings. The quantitative estimate of drug-likeness (QED) is 0.569. The van der Waals surface area contributed by atoms with Crippen molar-refractivity contribution in [2.75, 3.05) is 0 Å². The summed E-state index contributed by atoms with van der Waals surface area (Å²) in [6.45, 7) is 8.60. The highest BCUT2D eigenvalue weighted by molar-refractivity contribution is 7.96. The van der Waals surface area contributed by atoms with Crippen molar-refractivity contribution in [2.24, 2.45) is 0 Å². The summed E-state index contributed by atoms with van der Waals surface area (Å²) in [6, 6.07) is 8.39. The lowest BCUT2D eigenvalue weighted by Gasteiger charge is -2.19. The van der Waals surface area contributed by atoms with Gasteiger partial charge in [-0.1, -0.05) is 39.8 Å². The summed E-state index contributed by atoms with van der Waals surface area (Å²) in [5.41, 5.74) is 1.48. The molecule has 1 aromatic carbocycles. The number of hydrogen-bond acceptors (Lipinski definition) is 3. The van der Waals surface area contributed by atoms with Crippen LogP contribution in [0.15, 0.2) is 29.2 Å². The molecule has 0 aliphatic carbocycles. The van der Waals surface area contributed by atoms with Gasteiger partial charge in [0.25, 0.3) is 0 Å². The Morgan fingerprint density at radius 1 is 1.38 bits per heavy atom. The molecule has 0 spiro atoms. The van der Waals surface area contributed by atoms with Crippen LogP contribution in [0.5, 0.6) is 0 Å². The average molecular weight is 254 g/mol. The second-order valence-electron chi connectivity index (χ2n) is 4.67. The fraction of sp³-hybridized carbons (Fsp3) is 0.462. The Labute approximate surface area is 108 Å². The molecule has 1 nitrogen and oxygen atoms in total. The minimum Gasteiger partial charge on any atom is -0.414 e. The van der Waals surface area contributed by atoms with Gasteiger partial charge in [0.05, 0.1) is 12.0 Å². The molecule has 88 valence electrons. The zero-order valence-corrected chi connectivity index (χ0v) is 11.9. The van der Waals surface area contributed by atoms with Crippen LogP contribution in [0, 0.1) is 0 Å². The van der Waals surface area contributed by atoms with Crippen molar-refractivity contribution >= 4 is 29.3 Å². The molecular weight excluding hydrogens is 236 g/mol. The molecule has 1 rings (SSSR count). The lowest BCUT2D eigenvalue weighted by molar-refractivity contribution is 0.588. The summed E-state index contributed by atoms with van der Waals surface area (Å²) in [7, 11) is 0. The molecule has 16 heavy (non-hydrogen) atoms. The van der Waals surface area contributed by atoms with Gasteiger partial charge in [-0.2, -0.15) is 0 Å². The molecule has 1 aromatic rings. The van der Waals surface area contributed by atoms with Crippen molar-refractivity contribution in [3.05, 3.63) is 29.8 Å². The first-order chi connectivity index (χ1) is 7.43. The second-order valence-corrected chi connectivity index (χ2v) is 5.93. The molecule has 0 radical (unpaired) electrons. The smallest absolute Gasteiger partial charge is 0.177 e. The van der Waals surface area contributed by atoms with Crippen LogP contribution in [0.1, 0.15) is 39.7 Å². The standard InChI is InChI=1S/C13H18OS2/c1-5-12(15)14-16-11-8-6-7-10(9-11)13(2,3)4/h6-9H,5H2,1-4H3. The maximum Gasteiger partial charge on any atom is 0.177 e. The fourth-order valence-electron chi connectivity index (χ4n) is 1.17. The summed E-state index contributed by atoms with van der Waals surface area (Å²) < 4.78 is 5.39. The third-order valence-electron chi connectivity index (χ3n) is 2.22. The van der Waals surface area contributed by atoms with E-state index in [4.69, 9.17) is 16.4 Å². The van der Waals surface area contributed by atoms with E-state index in [1.54, 1.807) is 0 Å². The maximum atomic E-state index is 5.39. The monoisotopic (exact) mass is 254 g/mol. The van der Waals surface area contributed by atoms with Gasteiger partial charge in [0.2, 0.25) is 0 Å². The number of benzene rings is 1. The normalized spacial score (nSPS) is 11.2. The topological polar surface area (TPSA) is 9.23 Å². The third-order valence-corrected chi connectivity index (χ3v) is 3.43. The SMILES string of the molecule is CCC(=S)OSc1cccc(C(C)(C)C)c1. The average Bonchev–Trinajstić information content (AvgIpc) is 2.25. The van der Waals surface area contributed by atoms with Crippen molar-refractivity contribution in [1.29, 1.82) is 0 Å². The Morgan fingerprint density at radius 3 is 2.62 bits per heavy atom. The van der Waals surface area contributed by atoms with E-state index in [2.05, 4.69) is 39.0 Å². The number of thiocarbonyl (C=S) groups is 1. The molecule has 3 heteroatoms. The molecule has 0 N–H and O–H groups in total. The molecular formula is C13H18OS2. The summed E-state index contributed by atoms with van der Waals surface area (Å²) in [4.78, 5) is 1.10. The summed E-state index contributed by atoms with van der Waals surface area (Å²) in [6.07, 6.45) is 0.779. The van der Waals surface area contributed by atoms with Crippen LogP contribution in [-0.4, -0.2) is 5.05 Å². The molecule has 0 atom stereocenters. The Bertz CT molecular complexity index is 366. The first kappa shape index (κ1) is 13.5. The van der Waals surface area contributed by atoms with E-state index >= 15 is 0 Å². The molecule has 0 amide bonds. The fourth-order valence-corrected chi connectivity index (χ4v) is 1.89. The van der Waals surface area contributed by atoms with Gasteiger partial charge in [-0.05, 0) is 35.3 Å². The van der Waals surface area contributed by atoms with Gasteiger partial charge < -0.3 is 4.18 Å². The highest BCUT2D eigenvalue weighted by atomic mass is 32.2. The van der Waals surface area contributed by atoms with E-state index in [1.807, 2.05) is 13.0 Å². The van der Waals surface area contributed by atoms with Gasteiger partial charge in [0, 0.05) is 11.3 Å². The first-order valence-corrected chi connectivity index (χ1v) is 6.56. The Morgan fingerprint density at radius 2 is 2.06 bits per heavy atom. The van der Waals surface area contributed by atoms with E-state index < -0.39 is 0 Å². The summed E-state index contributed by atoms with van der Waals surface area (Å²) in [5.74, 6) is 0. The third kappa shape index (κ3) is 4.14. The zero-order chi connectivity index (χ0) is 12.2. The lowest BCUT2D eigenvalue weighted by atomic mass is 9.87. The predicted octanol–water partition coefficient (Wildman–Crippen LogP) is 4.75. The van der Waals surface area contributed by atoms with Crippen LogP contribution in [-0.2, 0) is 9.60 Å². The van der Waals surface area contributed by atoms with Gasteiger partial charge in [0.15, 0.2) is 5.05 Å². The minimum absolute atomic E-state index is 0.168. The summed E-state index contributed by atoms with van der Waals surface area (Å²) >= 11 is 6.36. The van der Waals surface area contributed by atoms with E-state index in [9.17, 15) is 0 Å². The van der Waals surface area contributed by atoms with Gasteiger partial charge in [-0.25, -0.2) is 0 Å². The van der Waals surface area contributed by atoms with Crippen LogP contribution < -0.4 is 0 Å². The van der Waals surface area contributed by atoms with Crippen LogP contribution in [0.2, 0.25) is 0 Å². The number of hydrogen-bond donors (Lipinski definition) is 0. The van der Waals surface area contributed by atoms with Crippen molar-refractivity contribution in [3.8, 4) is 0 Å². The predicted molar refractivity (Wildman–Crippen MR) is 75.0 cm³/mol. The van der Waals surface area contributed by atoms with Crippen LogP contribution in [0.4, 0.5) is 0 Å². The molecule has 0 saturated heterocycles. The van der Waals surface area contributed by atoms with Gasteiger partial charge in [0.1, 0.15) is 0 Å². The Balaban J connectivity index is 2.72. The second kappa shape index (κ2) is 5.69. The minimum atomic E-state index is 0.168. The lowest BCUT2D eigenvalue weighted by Crippen LogP contribution is -2.10. The molecule has 0 saturated carbocycles. The van der Waals surface area contributed by atoms with E-state index in [0.717, 1.165) is 11.3 Å². The van der Waals surface area contributed by atoms with Crippen molar-refractivity contribution in [1.82, 2.24) is 0 Å². The zero-order valence-electron chi connectivity index (χ0n) is 10.2. The molecule has 0 fully saturated rings. The van der Waals surface area contributed by atoms with Gasteiger partial charge >= 0.3 is 0 Å². The van der Waals surface area contributed by atoms with Crippen molar-refractivity contribution in [2.45, 2.75) is 44.4 Å². The number of rotatable bonds is 3. The Kier molecular flexibility index (Phi) is 4.81. The van der Waals surface area contributed by atoms with Crippen LogP contribution >= 0.6 is 24.3 Å². The largest absolute Gasteiger partial charge is 0.414 e. The molecule has 0 aromatic heterocycles. The van der Waals surface area contributed by atoms with Crippen LogP contribution in [0.3, 0.4) is 0 Å². The molecule has 0 bridgehead atoms. The first-order valence-electron chi connectivity index (χ1n) is 5.41.